The summed E-state index contributed by atoms with van der Waals surface area (Å²) in [6.07, 6.45) is 2.63. The van der Waals surface area contributed by atoms with Crippen LogP contribution in [0, 0.1) is 13.8 Å². The van der Waals surface area contributed by atoms with Crippen LogP contribution in [-0.2, 0) is 10.0 Å². The number of anilines is 3. The van der Waals surface area contributed by atoms with Crippen LogP contribution in [0.15, 0.2) is 51.3 Å². The molecule has 12 heteroatoms. The minimum atomic E-state index is -3.86. The molecule has 0 aliphatic carbocycles. The molecule has 0 spiro atoms. The van der Waals surface area contributed by atoms with Crippen molar-refractivity contribution in [1.29, 1.82) is 0 Å². The number of hydrogen-bond acceptors (Lipinski definition) is 9. The van der Waals surface area contributed by atoms with E-state index in [2.05, 4.69) is 30.0 Å². The quantitative estimate of drug-likeness (QED) is 0.666. The van der Waals surface area contributed by atoms with Crippen molar-refractivity contribution in [3.8, 4) is 0 Å². The van der Waals surface area contributed by atoms with Crippen molar-refractivity contribution < 1.29 is 8.42 Å². The van der Waals surface area contributed by atoms with Gasteiger partial charge in [0.1, 0.15) is 6.20 Å². The molecule has 1 aliphatic heterocycles. The maximum atomic E-state index is 12.7. The molecule has 1 aromatic carbocycles. The zero-order valence-electron chi connectivity index (χ0n) is 15.5. The van der Waals surface area contributed by atoms with E-state index in [1.807, 2.05) is 0 Å². The van der Waals surface area contributed by atoms with Gasteiger partial charge < -0.3 is 4.90 Å². The van der Waals surface area contributed by atoms with Gasteiger partial charge in [0.2, 0.25) is 5.95 Å². The van der Waals surface area contributed by atoms with Crippen molar-refractivity contribution >= 4 is 33.8 Å². The van der Waals surface area contributed by atoms with Gasteiger partial charge >= 0.3 is 0 Å². The van der Waals surface area contributed by atoms with Crippen LogP contribution in [0.2, 0.25) is 0 Å². The molecule has 148 valence electrons. The Hall–Kier alpha value is -3.67. The average Bonchev–Trinajstić information content (AvgIpc) is 2.67. The van der Waals surface area contributed by atoms with E-state index in [9.17, 15) is 13.2 Å². The second-order valence-corrected chi connectivity index (χ2v) is 7.96. The van der Waals surface area contributed by atoms with Gasteiger partial charge in [-0.2, -0.15) is 9.78 Å². The standard InChI is InChI=1S/C17H16N8O3S/c1-11-9-12(2)21-16(20-11)23-29(27,28)14-5-3-13(4-6-14)24-8-7-19-25-15(26)10-18-22-17(24)25/h3-7,9-10H,8H2,1-2H3,(H,20,21,23). The monoisotopic (exact) mass is 412 g/mol. The molecule has 0 saturated carbocycles. The summed E-state index contributed by atoms with van der Waals surface area (Å²) in [6, 6.07) is 7.87. The first-order valence-corrected chi connectivity index (χ1v) is 10.0. The van der Waals surface area contributed by atoms with E-state index in [1.165, 1.54) is 12.1 Å². The molecule has 0 saturated heterocycles. The molecule has 4 rings (SSSR count). The normalized spacial score (nSPS) is 13.2. The van der Waals surface area contributed by atoms with Gasteiger partial charge in [-0.15, -0.1) is 10.2 Å². The second-order valence-electron chi connectivity index (χ2n) is 6.28. The van der Waals surface area contributed by atoms with Gasteiger partial charge in [0.25, 0.3) is 21.5 Å². The lowest BCUT2D eigenvalue weighted by molar-refractivity contribution is 0.600. The third-order valence-corrected chi connectivity index (χ3v) is 5.43. The van der Waals surface area contributed by atoms with Crippen molar-refractivity contribution in [2.75, 3.05) is 16.2 Å². The van der Waals surface area contributed by atoms with E-state index in [1.54, 1.807) is 43.2 Å². The van der Waals surface area contributed by atoms with Gasteiger partial charge in [0.05, 0.1) is 11.4 Å². The first-order chi connectivity index (χ1) is 13.8. The summed E-state index contributed by atoms with van der Waals surface area (Å²) in [5.74, 6) is 0.264. The lowest BCUT2D eigenvalue weighted by atomic mass is 10.3. The smallest absolute Gasteiger partial charge is 0.294 e. The van der Waals surface area contributed by atoms with Crippen LogP contribution >= 0.6 is 0 Å². The molecule has 1 aliphatic rings. The predicted molar refractivity (Wildman–Crippen MR) is 106 cm³/mol. The summed E-state index contributed by atoms with van der Waals surface area (Å²) in [7, 11) is -3.86. The van der Waals surface area contributed by atoms with Crippen molar-refractivity contribution in [3.05, 3.63) is 58.3 Å². The molecule has 1 N–H and O–H groups in total. The molecule has 3 heterocycles. The number of aromatic nitrogens is 5. The van der Waals surface area contributed by atoms with Gasteiger partial charge in [0, 0.05) is 23.3 Å². The Kier molecular flexibility index (Phi) is 4.54. The first-order valence-electron chi connectivity index (χ1n) is 8.54. The second kappa shape index (κ2) is 7.05. The Balaban J connectivity index is 1.62. The highest BCUT2D eigenvalue weighted by Gasteiger charge is 2.21. The van der Waals surface area contributed by atoms with Crippen LogP contribution < -0.4 is 15.2 Å². The Morgan fingerprint density at radius 2 is 1.76 bits per heavy atom. The maximum Gasteiger partial charge on any atom is 0.294 e. The highest BCUT2D eigenvalue weighted by molar-refractivity contribution is 7.92. The van der Waals surface area contributed by atoms with E-state index >= 15 is 0 Å². The Morgan fingerprint density at radius 3 is 2.45 bits per heavy atom. The fourth-order valence-corrected chi connectivity index (χ4v) is 3.80. The molecule has 3 aromatic rings. The fraction of sp³-hybridized carbons (Fsp3) is 0.176. The van der Waals surface area contributed by atoms with Crippen LogP contribution in [0.5, 0.6) is 0 Å². The largest absolute Gasteiger partial charge is 0.304 e. The predicted octanol–water partition coefficient (Wildman–Crippen LogP) is 0.832. The number of nitrogens with one attached hydrogen (secondary N) is 1. The summed E-state index contributed by atoms with van der Waals surface area (Å²) in [4.78, 5) is 21.8. The van der Waals surface area contributed by atoms with E-state index in [-0.39, 0.29) is 16.8 Å². The van der Waals surface area contributed by atoms with Crippen LogP contribution in [-0.4, -0.2) is 46.0 Å². The average molecular weight is 412 g/mol. The summed E-state index contributed by atoms with van der Waals surface area (Å²) >= 11 is 0. The van der Waals surface area contributed by atoms with E-state index in [0.29, 0.717) is 23.6 Å². The molecule has 11 nitrogen and oxygen atoms in total. The van der Waals surface area contributed by atoms with Crippen molar-refractivity contribution in [1.82, 2.24) is 24.8 Å². The van der Waals surface area contributed by atoms with Crippen molar-refractivity contribution in [2.24, 2.45) is 5.10 Å². The van der Waals surface area contributed by atoms with E-state index < -0.39 is 15.6 Å². The van der Waals surface area contributed by atoms with Crippen molar-refractivity contribution in [2.45, 2.75) is 18.7 Å². The third-order valence-electron chi connectivity index (χ3n) is 4.08. The molecule has 0 radical (unpaired) electrons. The topological polar surface area (TPSA) is 135 Å². The number of sulfonamides is 1. The van der Waals surface area contributed by atoms with Gasteiger partial charge in [0.15, 0.2) is 0 Å². The van der Waals surface area contributed by atoms with Crippen LogP contribution in [0.4, 0.5) is 17.6 Å². The molecule has 0 atom stereocenters. The number of hydrogen-bond donors (Lipinski definition) is 1. The molecular weight excluding hydrogens is 396 g/mol. The Labute approximate surface area is 165 Å². The summed E-state index contributed by atoms with van der Waals surface area (Å²) < 4.78 is 28.8. The lowest BCUT2D eigenvalue weighted by Crippen LogP contribution is -2.33. The van der Waals surface area contributed by atoms with E-state index in [0.717, 1.165) is 10.9 Å². The molecule has 29 heavy (non-hydrogen) atoms. The highest BCUT2D eigenvalue weighted by atomic mass is 32.2. The number of rotatable bonds is 4. The van der Waals surface area contributed by atoms with Crippen LogP contribution in [0.1, 0.15) is 11.4 Å². The van der Waals surface area contributed by atoms with Gasteiger partial charge in [-0.05, 0) is 44.2 Å². The Bertz CT molecular complexity index is 1250. The summed E-state index contributed by atoms with van der Waals surface area (Å²) in [5, 5.41) is 11.6. The highest BCUT2D eigenvalue weighted by Crippen LogP contribution is 2.25. The maximum absolute atomic E-state index is 12.7. The summed E-state index contributed by atoms with van der Waals surface area (Å²) in [5.41, 5.74) is 1.54. The minimum Gasteiger partial charge on any atom is -0.304 e. The van der Waals surface area contributed by atoms with Crippen LogP contribution in [0.25, 0.3) is 0 Å². The van der Waals surface area contributed by atoms with Gasteiger partial charge in [-0.3, -0.25) is 4.79 Å². The molecule has 0 fully saturated rings. The molecule has 0 bridgehead atoms. The molecule has 2 aromatic heterocycles. The Morgan fingerprint density at radius 1 is 1.07 bits per heavy atom. The lowest BCUT2D eigenvalue weighted by Gasteiger charge is -2.25. The van der Waals surface area contributed by atoms with Crippen LogP contribution in [0.3, 0.4) is 0 Å². The number of aryl methyl sites for hydroxylation is 2. The molecule has 0 amide bonds. The van der Waals surface area contributed by atoms with Gasteiger partial charge in [-0.25, -0.2) is 23.1 Å². The van der Waals surface area contributed by atoms with Crippen molar-refractivity contribution in [3.63, 3.8) is 0 Å². The number of benzene rings is 1. The van der Waals surface area contributed by atoms with E-state index in [4.69, 9.17) is 0 Å². The first kappa shape index (κ1) is 18.7. The number of fused-ring (bicyclic) bond motifs is 1. The number of nitrogens with zero attached hydrogens (tertiary/aromatic N) is 7. The summed E-state index contributed by atoms with van der Waals surface area (Å²) in [6.45, 7) is 3.88. The third kappa shape index (κ3) is 3.69. The zero-order valence-corrected chi connectivity index (χ0v) is 16.3. The zero-order chi connectivity index (χ0) is 20.6. The van der Waals surface area contributed by atoms with Gasteiger partial charge in [-0.1, -0.05) is 0 Å². The SMILES string of the molecule is Cc1cc(C)nc(NS(=O)(=O)c2ccc(N3CC=Nn4c3nncc4=O)cc2)n1. The molecular formula is C17H16N8O3S. The fourth-order valence-electron chi connectivity index (χ4n) is 2.86. The minimum absolute atomic E-state index is 0.0161. The molecule has 0 unspecified atom stereocenters.